The summed E-state index contributed by atoms with van der Waals surface area (Å²) in [5, 5.41) is 14.1. The zero-order valence-corrected chi connectivity index (χ0v) is 21.2. The van der Waals surface area contributed by atoms with Crippen LogP contribution in [0.3, 0.4) is 0 Å². The summed E-state index contributed by atoms with van der Waals surface area (Å²) in [6.07, 6.45) is 7.07. The average Bonchev–Trinajstić information content (AvgIpc) is 2.89. The molecular formula is C26H37N7O5. The molecule has 1 aromatic rings. The maximum atomic E-state index is 13.2. The van der Waals surface area contributed by atoms with Gasteiger partial charge in [-0.15, -0.1) is 0 Å². The summed E-state index contributed by atoms with van der Waals surface area (Å²) in [7, 11) is 0. The third-order valence-electron chi connectivity index (χ3n) is 6.08. The van der Waals surface area contributed by atoms with Crippen LogP contribution in [0.5, 0.6) is 0 Å². The number of hydrogen-bond acceptors (Lipinski definition) is 6. The lowest BCUT2D eigenvalue weighted by Crippen LogP contribution is -2.55. The number of nitrogens with zero attached hydrogens (tertiary/aromatic N) is 1. The van der Waals surface area contributed by atoms with Gasteiger partial charge in [-0.05, 0) is 49.2 Å². The molecule has 0 saturated heterocycles. The monoisotopic (exact) mass is 527 g/mol. The molecule has 0 bridgehead atoms. The molecule has 1 aliphatic rings. The molecule has 11 N–H and O–H groups in total. The summed E-state index contributed by atoms with van der Waals surface area (Å²) in [6.45, 7) is 0.254. The largest absolute Gasteiger partial charge is 0.481 e. The highest BCUT2D eigenvalue weighted by Gasteiger charge is 2.29. The zero-order chi connectivity index (χ0) is 28.1. The molecule has 0 heterocycles. The Balaban J connectivity index is 2.10. The molecule has 1 aromatic carbocycles. The van der Waals surface area contributed by atoms with E-state index in [1.807, 2.05) is 42.5 Å². The number of nitrogens with two attached hydrogens (primary N) is 4. The Bertz CT molecular complexity index is 1070. The number of allylic oxidation sites excluding steroid dienone is 4. The SMILES string of the molecule is NC(=O)C(CCCN=C(N)N)NC(=O)C(CC1C=CC(c2ccccc2)=CC1)NC(=O)C(N)CCC(=O)O. The van der Waals surface area contributed by atoms with E-state index >= 15 is 0 Å². The maximum absolute atomic E-state index is 13.2. The molecule has 12 heteroatoms. The number of rotatable bonds is 15. The number of carboxylic acid groups (broad SMARTS) is 1. The standard InChI is InChI=1S/C26H37N7O5/c27-19(12-13-22(34)35)24(37)33-21(25(38)32-20(23(28)36)7-4-14-31-26(29)30)15-16-8-10-18(11-9-16)17-5-2-1-3-6-17/h1-3,5-6,8,10-11,16,19-21H,4,7,9,12-15,27H2,(H2,28,36)(H,32,38)(H,33,37)(H,34,35)(H4,29,30,31). The zero-order valence-electron chi connectivity index (χ0n) is 21.2. The van der Waals surface area contributed by atoms with Crippen LogP contribution in [0.15, 0.2) is 53.6 Å². The number of carboxylic acids is 1. The minimum Gasteiger partial charge on any atom is -0.481 e. The van der Waals surface area contributed by atoms with E-state index in [4.69, 9.17) is 28.0 Å². The van der Waals surface area contributed by atoms with E-state index in [1.165, 1.54) is 0 Å². The van der Waals surface area contributed by atoms with E-state index in [0.29, 0.717) is 12.8 Å². The van der Waals surface area contributed by atoms with Crippen molar-refractivity contribution >= 4 is 35.2 Å². The van der Waals surface area contributed by atoms with Gasteiger partial charge < -0.3 is 38.7 Å². The van der Waals surface area contributed by atoms with Crippen LogP contribution in [0, 0.1) is 5.92 Å². The van der Waals surface area contributed by atoms with Crippen molar-refractivity contribution < 1.29 is 24.3 Å². The van der Waals surface area contributed by atoms with E-state index in [1.54, 1.807) is 0 Å². The first kappa shape index (κ1) is 30.0. The van der Waals surface area contributed by atoms with E-state index in [-0.39, 0.29) is 44.1 Å². The van der Waals surface area contributed by atoms with Gasteiger partial charge in [-0.2, -0.15) is 0 Å². The van der Waals surface area contributed by atoms with E-state index in [9.17, 15) is 19.2 Å². The number of primary amides is 1. The van der Waals surface area contributed by atoms with Crippen LogP contribution < -0.4 is 33.6 Å². The molecule has 4 atom stereocenters. The fourth-order valence-corrected chi connectivity index (χ4v) is 3.97. The molecule has 0 aliphatic heterocycles. The summed E-state index contributed by atoms with van der Waals surface area (Å²) in [5.74, 6) is -3.24. The second-order valence-corrected chi connectivity index (χ2v) is 9.13. The Hall–Kier alpha value is -4.19. The van der Waals surface area contributed by atoms with Crippen molar-refractivity contribution in [3.05, 3.63) is 54.1 Å². The number of amides is 3. The topological polar surface area (TPSA) is 229 Å². The molecule has 12 nitrogen and oxygen atoms in total. The molecular weight excluding hydrogens is 490 g/mol. The summed E-state index contributed by atoms with van der Waals surface area (Å²) < 4.78 is 0. The van der Waals surface area contributed by atoms with Gasteiger partial charge in [0.1, 0.15) is 12.1 Å². The second-order valence-electron chi connectivity index (χ2n) is 9.13. The molecule has 0 spiro atoms. The Morgan fingerprint density at radius 1 is 1.00 bits per heavy atom. The van der Waals surface area contributed by atoms with Crippen molar-refractivity contribution in [1.29, 1.82) is 0 Å². The maximum Gasteiger partial charge on any atom is 0.303 e. The number of benzene rings is 1. The van der Waals surface area contributed by atoms with E-state index in [0.717, 1.165) is 11.1 Å². The molecule has 0 aromatic heterocycles. The molecule has 0 saturated carbocycles. The molecule has 206 valence electrons. The van der Waals surface area contributed by atoms with E-state index in [2.05, 4.69) is 21.7 Å². The summed E-state index contributed by atoms with van der Waals surface area (Å²) in [6, 6.07) is 6.71. The third kappa shape index (κ3) is 10.4. The number of carbonyl (C=O) groups is 4. The van der Waals surface area contributed by atoms with Gasteiger partial charge >= 0.3 is 5.97 Å². The van der Waals surface area contributed by atoms with Crippen molar-refractivity contribution in [2.75, 3.05) is 6.54 Å². The van der Waals surface area contributed by atoms with Crippen molar-refractivity contribution in [3.8, 4) is 0 Å². The highest BCUT2D eigenvalue weighted by Crippen LogP contribution is 2.26. The molecule has 0 radical (unpaired) electrons. The van der Waals surface area contributed by atoms with Crippen LogP contribution in [0.25, 0.3) is 5.57 Å². The van der Waals surface area contributed by atoms with Crippen LogP contribution in [-0.4, -0.2) is 59.4 Å². The summed E-state index contributed by atoms with van der Waals surface area (Å²) in [4.78, 5) is 52.5. The van der Waals surface area contributed by atoms with Gasteiger partial charge in [0.25, 0.3) is 0 Å². The Morgan fingerprint density at radius 3 is 2.26 bits per heavy atom. The molecule has 3 amide bonds. The third-order valence-corrected chi connectivity index (χ3v) is 6.08. The smallest absolute Gasteiger partial charge is 0.303 e. The van der Waals surface area contributed by atoms with Gasteiger partial charge in [-0.25, -0.2) is 0 Å². The highest BCUT2D eigenvalue weighted by molar-refractivity contribution is 5.92. The van der Waals surface area contributed by atoms with Gasteiger partial charge in [0.15, 0.2) is 5.96 Å². The number of nitrogens with one attached hydrogen (secondary N) is 2. The summed E-state index contributed by atoms with van der Waals surface area (Å²) in [5.41, 5.74) is 24.1. The minimum atomic E-state index is -1.11. The van der Waals surface area contributed by atoms with Crippen molar-refractivity contribution in [2.24, 2.45) is 33.8 Å². The van der Waals surface area contributed by atoms with Crippen molar-refractivity contribution in [2.45, 2.75) is 56.7 Å². The first-order chi connectivity index (χ1) is 18.1. The minimum absolute atomic E-state index is 0.0809. The molecule has 2 rings (SSSR count). The lowest BCUT2D eigenvalue weighted by atomic mass is 9.88. The first-order valence-electron chi connectivity index (χ1n) is 12.4. The highest BCUT2D eigenvalue weighted by atomic mass is 16.4. The molecule has 38 heavy (non-hydrogen) atoms. The number of aliphatic imine (C=N–C) groups is 1. The molecule has 1 aliphatic carbocycles. The van der Waals surface area contributed by atoms with Gasteiger partial charge in [0, 0.05) is 13.0 Å². The fourth-order valence-electron chi connectivity index (χ4n) is 3.97. The average molecular weight is 528 g/mol. The van der Waals surface area contributed by atoms with Crippen LogP contribution in [-0.2, 0) is 19.2 Å². The number of aliphatic carboxylic acids is 1. The quantitative estimate of drug-likeness (QED) is 0.0910. The van der Waals surface area contributed by atoms with Gasteiger partial charge in [-0.3, -0.25) is 24.2 Å². The van der Waals surface area contributed by atoms with E-state index < -0.39 is 41.8 Å². The van der Waals surface area contributed by atoms with Crippen LogP contribution in [0.1, 0.15) is 44.1 Å². The first-order valence-corrected chi connectivity index (χ1v) is 12.4. The van der Waals surface area contributed by atoms with Gasteiger partial charge in [-0.1, -0.05) is 48.6 Å². The van der Waals surface area contributed by atoms with Gasteiger partial charge in [0.2, 0.25) is 17.7 Å². The van der Waals surface area contributed by atoms with Gasteiger partial charge in [0.05, 0.1) is 6.04 Å². The molecule has 4 unspecified atom stereocenters. The number of guanidine groups is 1. The van der Waals surface area contributed by atoms with Crippen LogP contribution in [0.4, 0.5) is 0 Å². The molecule has 0 fully saturated rings. The lowest BCUT2D eigenvalue weighted by Gasteiger charge is -2.26. The Kier molecular flexibility index (Phi) is 12.0. The predicted molar refractivity (Wildman–Crippen MR) is 144 cm³/mol. The Labute approximate surface area is 221 Å². The fraction of sp³-hybridized carbons (Fsp3) is 0.423. The summed E-state index contributed by atoms with van der Waals surface area (Å²) >= 11 is 0. The van der Waals surface area contributed by atoms with Crippen LogP contribution in [0.2, 0.25) is 0 Å². The van der Waals surface area contributed by atoms with Crippen molar-refractivity contribution in [1.82, 2.24) is 10.6 Å². The van der Waals surface area contributed by atoms with Crippen LogP contribution >= 0.6 is 0 Å². The Morgan fingerprint density at radius 2 is 1.68 bits per heavy atom. The van der Waals surface area contributed by atoms with Crippen molar-refractivity contribution in [3.63, 3.8) is 0 Å². The predicted octanol–water partition coefficient (Wildman–Crippen LogP) is -0.263. The second kappa shape index (κ2) is 15.2. The number of carbonyl (C=O) groups excluding carboxylic acids is 3. The normalized spacial score (nSPS) is 16.9. The number of hydrogen-bond donors (Lipinski definition) is 7. The lowest BCUT2D eigenvalue weighted by molar-refractivity contribution is -0.137.